The van der Waals surface area contributed by atoms with Crippen LogP contribution in [0.15, 0.2) is 48.5 Å². The van der Waals surface area contributed by atoms with Crippen LogP contribution in [0.1, 0.15) is 19.4 Å². The molecule has 0 spiro atoms. The van der Waals surface area contributed by atoms with Gasteiger partial charge in [-0.1, -0.05) is 32.0 Å². The molecule has 2 aromatic rings. The summed E-state index contributed by atoms with van der Waals surface area (Å²) in [5, 5.41) is 7.95. The minimum Gasteiger partial charge on any atom is -0.449 e. The lowest BCUT2D eigenvalue weighted by Crippen LogP contribution is -2.28. The highest BCUT2D eigenvalue weighted by molar-refractivity contribution is 5.91. The van der Waals surface area contributed by atoms with Gasteiger partial charge in [-0.25, -0.2) is 14.0 Å². The van der Waals surface area contributed by atoms with Gasteiger partial charge in [0.15, 0.2) is 0 Å². The summed E-state index contributed by atoms with van der Waals surface area (Å²) in [5.41, 5.74) is 1.81. The van der Waals surface area contributed by atoms with Crippen LogP contribution in [0.4, 0.5) is 25.4 Å². The molecule has 0 saturated heterocycles. The van der Waals surface area contributed by atoms with E-state index in [-0.39, 0.29) is 18.3 Å². The predicted octanol–water partition coefficient (Wildman–Crippen LogP) is 4.35. The van der Waals surface area contributed by atoms with Crippen molar-refractivity contribution < 1.29 is 18.7 Å². The van der Waals surface area contributed by atoms with E-state index >= 15 is 0 Å². The van der Waals surface area contributed by atoms with Crippen LogP contribution in [0.25, 0.3) is 0 Å². The Morgan fingerprint density at radius 3 is 2.35 bits per heavy atom. The molecule has 6 nitrogen and oxygen atoms in total. The van der Waals surface area contributed by atoms with Crippen molar-refractivity contribution in [3.63, 3.8) is 0 Å². The molecule has 0 aliphatic rings. The Bertz CT molecular complexity index is 748. The van der Waals surface area contributed by atoms with Crippen LogP contribution in [0.2, 0.25) is 0 Å². The van der Waals surface area contributed by atoms with Crippen LogP contribution in [0.5, 0.6) is 0 Å². The summed E-state index contributed by atoms with van der Waals surface area (Å²) in [6.07, 6.45) is -0.545. The maximum absolute atomic E-state index is 12.9. The molecule has 138 valence electrons. The van der Waals surface area contributed by atoms with Crippen molar-refractivity contribution in [1.82, 2.24) is 5.32 Å². The molecular weight excluding hydrogens is 337 g/mol. The Kier molecular flexibility index (Phi) is 6.96. The molecular formula is C19H22FN3O3. The predicted molar refractivity (Wildman–Crippen MR) is 98.5 cm³/mol. The number of hydrogen-bond acceptors (Lipinski definition) is 3. The van der Waals surface area contributed by atoms with Crippen LogP contribution in [0.3, 0.4) is 0 Å². The fourth-order valence-corrected chi connectivity index (χ4v) is 2.03. The van der Waals surface area contributed by atoms with Crippen molar-refractivity contribution in [2.24, 2.45) is 5.92 Å². The van der Waals surface area contributed by atoms with E-state index in [1.807, 2.05) is 13.8 Å². The van der Waals surface area contributed by atoms with E-state index in [9.17, 15) is 14.0 Å². The van der Waals surface area contributed by atoms with Crippen LogP contribution >= 0.6 is 0 Å². The molecule has 3 amide bonds. The molecule has 0 fully saturated rings. The Balaban J connectivity index is 1.84. The quantitative estimate of drug-likeness (QED) is 0.717. The number of halogens is 1. The first-order valence-corrected chi connectivity index (χ1v) is 8.25. The van der Waals surface area contributed by atoms with Crippen LogP contribution < -0.4 is 16.0 Å². The van der Waals surface area contributed by atoms with Crippen molar-refractivity contribution in [3.8, 4) is 0 Å². The van der Waals surface area contributed by atoms with E-state index < -0.39 is 12.1 Å². The highest BCUT2D eigenvalue weighted by atomic mass is 19.1. The topological polar surface area (TPSA) is 79.5 Å². The molecule has 0 heterocycles. The molecule has 2 rings (SSSR count). The molecule has 0 atom stereocenters. The number of carbonyl (C=O) groups is 2. The highest BCUT2D eigenvalue weighted by Crippen LogP contribution is 2.15. The van der Waals surface area contributed by atoms with E-state index in [1.54, 1.807) is 36.4 Å². The van der Waals surface area contributed by atoms with Gasteiger partial charge in [0.2, 0.25) is 0 Å². The first-order valence-electron chi connectivity index (χ1n) is 8.25. The third-order valence-electron chi connectivity index (χ3n) is 3.28. The van der Waals surface area contributed by atoms with E-state index in [4.69, 9.17) is 4.74 Å². The van der Waals surface area contributed by atoms with Crippen molar-refractivity contribution in [2.75, 3.05) is 17.2 Å². The van der Waals surface area contributed by atoms with Gasteiger partial charge >= 0.3 is 12.1 Å². The van der Waals surface area contributed by atoms with E-state index in [2.05, 4.69) is 16.0 Å². The molecule has 26 heavy (non-hydrogen) atoms. The van der Waals surface area contributed by atoms with Crippen molar-refractivity contribution in [2.45, 2.75) is 20.4 Å². The second-order valence-corrected chi connectivity index (χ2v) is 6.13. The number of rotatable bonds is 6. The van der Waals surface area contributed by atoms with Gasteiger partial charge in [0.05, 0.1) is 6.61 Å². The lowest BCUT2D eigenvalue weighted by atomic mass is 10.2. The number of anilines is 2. The molecule has 0 aromatic heterocycles. The summed E-state index contributed by atoms with van der Waals surface area (Å²) >= 11 is 0. The zero-order valence-corrected chi connectivity index (χ0v) is 14.7. The lowest BCUT2D eigenvalue weighted by Gasteiger charge is -2.11. The number of nitrogens with one attached hydrogen (secondary N) is 3. The number of urea groups is 1. The fourth-order valence-electron chi connectivity index (χ4n) is 2.03. The molecule has 0 aliphatic carbocycles. The number of ether oxygens (including phenoxy) is 1. The first kappa shape index (κ1) is 19.2. The summed E-state index contributed by atoms with van der Waals surface area (Å²) in [6.45, 7) is 4.49. The number of hydrogen-bond donors (Lipinski definition) is 3. The standard InChI is InChI=1S/C19H22FN3O3/c1-13(2)12-26-19(25)23-17-5-3-4-16(10-17)22-18(24)21-11-14-6-8-15(20)9-7-14/h3-10,13H,11-12H2,1-2H3,(H,23,25)(H2,21,22,24). The van der Waals surface area contributed by atoms with E-state index in [1.165, 1.54) is 12.1 Å². The SMILES string of the molecule is CC(C)COC(=O)Nc1cccc(NC(=O)NCc2ccc(F)cc2)c1. The Morgan fingerprint density at radius 2 is 1.69 bits per heavy atom. The maximum Gasteiger partial charge on any atom is 0.411 e. The van der Waals surface area contributed by atoms with Crippen molar-refractivity contribution in [3.05, 3.63) is 59.9 Å². The fraction of sp³-hybridized carbons (Fsp3) is 0.263. The monoisotopic (exact) mass is 359 g/mol. The van der Waals surface area contributed by atoms with Gasteiger partial charge in [-0.2, -0.15) is 0 Å². The minimum absolute atomic E-state index is 0.249. The van der Waals surface area contributed by atoms with Crippen LogP contribution in [-0.4, -0.2) is 18.7 Å². The van der Waals surface area contributed by atoms with Crippen molar-refractivity contribution in [1.29, 1.82) is 0 Å². The Morgan fingerprint density at radius 1 is 1.04 bits per heavy atom. The average Bonchev–Trinajstić information content (AvgIpc) is 2.60. The third-order valence-corrected chi connectivity index (χ3v) is 3.28. The smallest absolute Gasteiger partial charge is 0.411 e. The second-order valence-electron chi connectivity index (χ2n) is 6.13. The largest absolute Gasteiger partial charge is 0.449 e. The second kappa shape index (κ2) is 9.41. The number of benzene rings is 2. The number of carbonyl (C=O) groups excluding carboxylic acids is 2. The molecule has 0 unspecified atom stereocenters. The average molecular weight is 359 g/mol. The number of amides is 3. The van der Waals surface area contributed by atoms with Gasteiger partial charge in [0.25, 0.3) is 0 Å². The molecule has 0 saturated carbocycles. The van der Waals surface area contributed by atoms with Crippen molar-refractivity contribution >= 4 is 23.5 Å². The van der Waals surface area contributed by atoms with Gasteiger partial charge in [-0.05, 0) is 41.8 Å². The Labute approximate surface area is 151 Å². The summed E-state index contributed by atoms with van der Waals surface area (Å²) < 4.78 is 17.9. The van der Waals surface area contributed by atoms with Gasteiger partial charge in [-0.15, -0.1) is 0 Å². The van der Waals surface area contributed by atoms with Gasteiger partial charge in [0.1, 0.15) is 5.82 Å². The lowest BCUT2D eigenvalue weighted by molar-refractivity contribution is 0.147. The van der Waals surface area contributed by atoms with Gasteiger partial charge < -0.3 is 15.4 Å². The van der Waals surface area contributed by atoms with Crippen LogP contribution in [-0.2, 0) is 11.3 Å². The van der Waals surface area contributed by atoms with Gasteiger partial charge in [-0.3, -0.25) is 5.32 Å². The van der Waals surface area contributed by atoms with E-state index in [0.29, 0.717) is 18.0 Å². The summed E-state index contributed by atoms with van der Waals surface area (Å²) in [5.74, 6) is -0.0759. The Hall–Kier alpha value is -3.09. The maximum atomic E-state index is 12.9. The minimum atomic E-state index is -0.545. The molecule has 0 aliphatic heterocycles. The molecule has 0 radical (unpaired) electrons. The zero-order valence-electron chi connectivity index (χ0n) is 14.7. The van der Waals surface area contributed by atoms with E-state index in [0.717, 1.165) is 5.56 Å². The normalized spacial score (nSPS) is 10.3. The third kappa shape index (κ3) is 6.80. The summed E-state index contributed by atoms with van der Waals surface area (Å²) in [4.78, 5) is 23.6. The van der Waals surface area contributed by atoms with Crippen LogP contribution in [0, 0.1) is 11.7 Å². The molecule has 7 heteroatoms. The first-order chi connectivity index (χ1) is 12.4. The highest BCUT2D eigenvalue weighted by Gasteiger charge is 2.07. The molecule has 0 bridgehead atoms. The summed E-state index contributed by atoms with van der Waals surface area (Å²) in [6, 6.07) is 12.2. The molecule has 2 aromatic carbocycles. The molecule has 3 N–H and O–H groups in total. The van der Waals surface area contributed by atoms with Gasteiger partial charge in [0, 0.05) is 17.9 Å². The summed E-state index contributed by atoms with van der Waals surface area (Å²) in [7, 11) is 0. The zero-order chi connectivity index (χ0) is 18.9.